The van der Waals surface area contributed by atoms with Crippen LogP contribution < -0.4 is 14.2 Å². The second kappa shape index (κ2) is 11.9. The van der Waals surface area contributed by atoms with Gasteiger partial charge in [-0.3, -0.25) is 4.79 Å². The van der Waals surface area contributed by atoms with Gasteiger partial charge in [0, 0.05) is 29.9 Å². The maximum atomic E-state index is 14.1. The summed E-state index contributed by atoms with van der Waals surface area (Å²) in [6, 6.07) is 14.9. The first kappa shape index (κ1) is 29.8. The molecule has 1 N–H and O–H groups in total. The third-order valence-corrected chi connectivity index (χ3v) is 7.92. The average molecular weight is 585 g/mol. The predicted molar refractivity (Wildman–Crippen MR) is 151 cm³/mol. The van der Waals surface area contributed by atoms with Gasteiger partial charge in [-0.25, -0.2) is 0 Å². The molecule has 6 nitrogen and oxygen atoms in total. The van der Waals surface area contributed by atoms with E-state index in [-0.39, 0.29) is 29.8 Å². The van der Waals surface area contributed by atoms with Gasteiger partial charge in [0.25, 0.3) is 0 Å². The third kappa shape index (κ3) is 6.67. The molecule has 1 aliphatic heterocycles. The van der Waals surface area contributed by atoms with E-state index < -0.39 is 17.3 Å². The average Bonchev–Trinajstić information content (AvgIpc) is 3.54. The molecule has 0 saturated carbocycles. The molecule has 1 aliphatic carbocycles. The molecule has 0 radical (unpaired) electrons. The van der Waals surface area contributed by atoms with Crippen LogP contribution in [0.4, 0.5) is 13.2 Å². The summed E-state index contributed by atoms with van der Waals surface area (Å²) in [5, 5.41) is 9.87. The van der Waals surface area contributed by atoms with Crippen molar-refractivity contribution in [2.45, 2.75) is 63.1 Å². The van der Waals surface area contributed by atoms with E-state index in [1.807, 2.05) is 12.1 Å². The molecule has 3 aromatic carbocycles. The van der Waals surface area contributed by atoms with Gasteiger partial charge < -0.3 is 24.1 Å². The Morgan fingerprint density at radius 3 is 2.38 bits per heavy atom. The molecule has 3 aromatic rings. The van der Waals surface area contributed by atoms with Crippen molar-refractivity contribution in [3.8, 4) is 28.4 Å². The van der Waals surface area contributed by atoms with Crippen LogP contribution in [0.1, 0.15) is 67.2 Å². The van der Waals surface area contributed by atoms with Crippen LogP contribution in [0.25, 0.3) is 11.1 Å². The Balaban J connectivity index is 1.32. The Morgan fingerprint density at radius 1 is 0.976 bits per heavy atom. The maximum absolute atomic E-state index is 14.1. The maximum Gasteiger partial charge on any atom is 0.417 e. The summed E-state index contributed by atoms with van der Waals surface area (Å²) in [5.41, 5.74) is 1.64. The van der Waals surface area contributed by atoms with Gasteiger partial charge in [-0.2, -0.15) is 13.2 Å². The minimum atomic E-state index is -4.50. The van der Waals surface area contributed by atoms with E-state index >= 15 is 0 Å². The van der Waals surface area contributed by atoms with E-state index in [0.29, 0.717) is 67.5 Å². The van der Waals surface area contributed by atoms with E-state index in [2.05, 4.69) is 0 Å². The molecule has 5 rings (SSSR count). The summed E-state index contributed by atoms with van der Waals surface area (Å²) in [6.45, 7) is 4.38. The highest BCUT2D eigenvalue weighted by Crippen LogP contribution is 2.46. The van der Waals surface area contributed by atoms with Gasteiger partial charge in [0.1, 0.15) is 17.2 Å². The van der Waals surface area contributed by atoms with Crippen molar-refractivity contribution >= 4 is 5.97 Å². The smallest absolute Gasteiger partial charge is 0.417 e. The first-order valence-electron chi connectivity index (χ1n) is 14.1. The Kier molecular flexibility index (Phi) is 8.42. The predicted octanol–water partition coefficient (Wildman–Crippen LogP) is 7.06. The number of hydrogen-bond acceptors (Lipinski definition) is 6. The lowest BCUT2D eigenvalue weighted by Gasteiger charge is -2.20. The number of alkyl halides is 3. The lowest BCUT2D eigenvalue weighted by molar-refractivity contribution is -0.141. The van der Waals surface area contributed by atoms with Crippen LogP contribution in [0, 0.1) is 0 Å². The van der Waals surface area contributed by atoms with Crippen LogP contribution in [-0.2, 0) is 22.1 Å². The van der Waals surface area contributed by atoms with E-state index in [0.717, 1.165) is 11.1 Å². The summed E-state index contributed by atoms with van der Waals surface area (Å²) >= 11 is 0. The van der Waals surface area contributed by atoms with Gasteiger partial charge in [0.2, 0.25) is 0 Å². The number of aliphatic hydroxyl groups is 1. The second-order valence-electron chi connectivity index (χ2n) is 11.5. The zero-order chi connectivity index (χ0) is 30.1. The van der Waals surface area contributed by atoms with Crippen LogP contribution in [0.3, 0.4) is 0 Å². The monoisotopic (exact) mass is 584 g/mol. The quantitative estimate of drug-likeness (QED) is 0.257. The van der Waals surface area contributed by atoms with E-state index in [4.69, 9.17) is 18.9 Å². The molecular formula is C33H35F3O6. The van der Waals surface area contributed by atoms with Crippen LogP contribution >= 0.6 is 0 Å². The highest BCUT2D eigenvalue weighted by atomic mass is 19.4. The molecule has 1 heterocycles. The Bertz CT molecular complexity index is 1430. The molecule has 0 fully saturated rings. The normalized spacial score (nSPS) is 17.8. The topological polar surface area (TPSA) is 74.2 Å². The Labute approximate surface area is 243 Å². The van der Waals surface area contributed by atoms with Crippen LogP contribution in [0.5, 0.6) is 17.2 Å². The molecule has 1 unspecified atom stereocenters. The number of rotatable bonds is 10. The third-order valence-electron chi connectivity index (χ3n) is 7.92. The first-order valence-corrected chi connectivity index (χ1v) is 14.1. The lowest BCUT2D eigenvalue weighted by Crippen LogP contribution is -2.21. The summed E-state index contributed by atoms with van der Waals surface area (Å²) in [7, 11) is 1.36. The minimum Gasteiger partial charge on any atom is -0.493 e. The van der Waals surface area contributed by atoms with Gasteiger partial charge in [-0.1, -0.05) is 24.3 Å². The van der Waals surface area contributed by atoms with E-state index in [1.54, 1.807) is 50.2 Å². The fourth-order valence-electron chi connectivity index (χ4n) is 5.66. The zero-order valence-electron chi connectivity index (χ0n) is 23.9. The summed E-state index contributed by atoms with van der Waals surface area (Å²) in [4.78, 5) is 11.7. The molecule has 2 aliphatic rings. The standard InChI is InChI=1S/C33H35F3O6/c1-32(2,38)14-15-40-23-7-4-20(5-8-23)31-27-10-6-21(25(27)12-13-28(31)33(34,35)36)18-41-24-9-11-26-22(16-30(37)39-3)19-42-29(26)17-24/h4-5,7-9,11-13,17,21-22,38H,6,10,14-16,18-19H2,1-3H3/t21?,22-/m1/s1. The van der Waals surface area contributed by atoms with Crippen molar-refractivity contribution in [2.24, 2.45) is 0 Å². The zero-order valence-corrected chi connectivity index (χ0v) is 23.9. The fraction of sp³-hybridized carbons (Fsp3) is 0.424. The number of ether oxygens (including phenoxy) is 4. The Hall–Kier alpha value is -3.72. The van der Waals surface area contributed by atoms with Gasteiger partial charge in [0.15, 0.2) is 0 Å². The number of methoxy groups -OCH3 is 1. The number of fused-ring (bicyclic) bond motifs is 2. The lowest BCUT2D eigenvalue weighted by atomic mass is 9.90. The van der Waals surface area contributed by atoms with Crippen molar-refractivity contribution in [2.75, 3.05) is 26.9 Å². The molecule has 42 heavy (non-hydrogen) atoms. The largest absolute Gasteiger partial charge is 0.493 e. The minimum absolute atomic E-state index is 0.0632. The fourth-order valence-corrected chi connectivity index (χ4v) is 5.66. The first-order chi connectivity index (χ1) is 19.9. The van der Waals surface area contributed by atoms with Crippen molar-refractivity contribution in [3.63, 3.8) is 0 Å². The Morgan fingerprint density at radius 2 is 1.69 bits per heavy atom. The highest BCUT2D eigenvalue weighted by Gasteiger charge is 2.38. The van der Waals surface area contributed by atoms with Crippen LogP contribution in [-0.4, -0.2) is 43.6 Å². The number of carbonyl (C=O) groups is 1. The molecule has 0 saturated heterocycles. The van der Waals surface area contributed by atoms with Gasteiger partial charge in [0.05, 0.1) is 44.5 Å². The molecule has 0 bridgehead atoms. The number of halogens is 3. The summed E-state index contributed by atoms with van der Waals surface area (Å²) in [5.74, 6) is 1.37. The second-order valence-corrected chi connectivity index (χ2v) is 11.5. The van der Waals surface area contributed by atoms with Crippen LogP contribution in [0.15, 0.2) is 54.6 Å². The van der Waals surface area contributed by atoms with E-state index in [1.165, 1.54) is 13.2 Å². The summed E-state index contributed by atoms with van der Waals surface area (Å²) in [6.07, 6.45) is -2.66. The summed E-state index contributed by atoms with van der Waals surface area (Å²) < 4.78 is 64.7. The molecular weight excluding hydrogens is 549 g/mol. The number of benzene rings is 3. The van der Waals surface area contributed by atoms with Crippen LogP contribution in [0.2, 0.25) is 0 Å². The molecule has 2 atom stereocenters. The molecule has 0 spiro atoms. The highest BCUT2D eigenvalue weighted by molar-refractivity contribution is 5.75. The van der Waals surface area contributed by atoms with Crippen molar-refractivity contribution < 1.29 is 42.0 Å². The van der Waals surface area contributed by atoms with Gasteiger partial charge in [-0.05, 0) is 73.2 Å². The van der Waals surface area contributed by atoms with E-state index in [9.17, 15) is 23.1 Å². The molecule has 9 heteroatoms. The molecule has 0 aromatic heterocycles. The molecule has 224 valence electrons. The van der Waals surface area contributed by atoms with Gasteiger partial charge in [-0.15, -0.1) is 0 Å². The molecule has 0 amide bonds. The van der Waals surface area contributed by atoms with Gasteiger partial charge >= 0.3 is 12.1 Å². The number of carbonyl (C=O) groups excluding carboxylic acids is 1. The van der Waals surface area contributed by atoms with Crippen molar-refractivity contribution in [1.82, 2.24) is 0 Å². The number of esters is 1. The SMILES string of the molecule is COC(=O)C[C@@H]1COc2cc(OCC3CCc4c3ccc(C(F)(F)F)c4-c3ccc(OCCC(C)(C)O)cc3)ccc21. The van der Waals surface area contributed by atoms with Crippen molar-refractivity contribution in [3.05, 3.63) is 76.9 Å². The number of hydrogen-bond donors (Lipinski definition) is 1. The van der Waals surface area contributed by atoms with Crippen molar-refractivity contribution in [1.29, 1.82) is 0 Å².